The predicted octanol–water partition coefficient (Wildman–Crippen LogP) is 5.58. The molecule has 0 aliphatic carbocycles. The molecule has 4 nitrogen and oxygen atoms in total. The fraction of sp³-hybridized carbons (Fsp3) is 0.350. The van der Waals surface area contributed by atoms with E-state index in [4.69, 9.17) is 37.4 Å². The van der Waals surface area contributed by atoms with E-state index >= 15 is 0 Å². The lowest BCUT2D eigenvalue weighted by atomic mass is 10.1. The van der Waals surface area contributed by atoms with E-state index in [0.29, 0.717) is 46.7 Å². The molecular weight excluding hydrogens is 375 g/mol. The molecule has 0 aromatic heterocycles. The van der Waals surface area contributed by atoms with Gasteiger partial charge in [0, 0.05) is 16.5 Å². The standard InChI is InChI=1S/C20H22Cl2O4/c1-4-24-20(23)15-6-8-18(26-13(2)3)19(11-15)25-10-9-14-5-7-16(21)12-17(14)22/h5-8,11-13H,4,9-10H2,1-3H3. The quantitative estimate of drug-likeness (QED) is 0.546. The first-order chi connectivity index (χ1) is 12.4. The van der Waals surface area contributed by atoms with Gasteiger partial charge < -0.3 is 14.2 Å². The number of carbonyl (C=O) groups is 1. The molecule has 0 unspecified atom stereocenters. The van der Waals surface area contributed by atoms with Crippen LogP contribution in [0, 0.1) is 0 Å². The highest BCUT2D eigenvalue weighted by atomic mass is 35.5. The molecule has 0 amide bonds. The van der Waals surface area contributed by atoms with Gasteiger partial charge in [0.15, 0.2) is 11.5 Å². The van der Waals surface area contributed by atoms with Crippen LogP contribution in [0.5, 0.6) is 11.5 Å². The molecule has 2 aromatic rings. The van der Waals surface area contributed by atoms with E-state index in [1.807, 2.05) is 19.9 Å². The fourth-order valence-electron chi connectivity index (χ4n) is 2.31. The summed E-state index contributed by atoms with van der Waals surface area (Å²) in [4.78, 5) is 12.0. The zero-order valence-corrected chi connectivity index (χ0v) is 16.6. The highest BCUT2D eigenvalue weighted by Crippen LogP contribution is 2.30. The van der Waals surface area contributed by atoms with Crippen LogP contribution < -0.4 is 9.47 Å². The zero-order valence-electron chi connectivity index (χ0n) is 15.1. The molecule has 2 aromatic carbocycles. The van der Waals surface area contributed by atoms with Crippen molar-refractivity contribution < 1.29 is 19.0 Å². The fourth-order valence-corrected chi connectivity index (χ4v) is 2.81. The summed E-state index contributed by atoms with van der Waals surface area (Å²) in [6.07, 6.45) is 0.581. The maximum absolute atomic E-state index is 12.0. The number of benzene rings is 2. The maximum atomic E-state index is 12.0. The summed E-state index contributed by atoms with van der Waals surface area (Å²) in [6, 6.07) is 10.4. The Kier molecular flexibility index (Phi) is 7.61. The smallest absolute Gasteiger partial charge is 0.338 e. The van der Waals surface area contributed by atoms with E-state index in [-0.39, 0.29) is 6.10 Å². The van der Waals surface area contributed by atoms with Gasteiger partial charge in [-0.25, -0.2) is 4.79 Å². The van der Waals surface area contributed by atoms with E-state index in [1.54, 1.807) is 37.3 Å². The number of esters is 1. The van der Waals surface area contributed by atoms with Gasteiger partial charge in [-0.15, -0.1) is 0 Å². The van der Waals surface area contributed by atoms with Gasteiger partial charge in [-0.05, 0) is 56.7 Å². The highest BCUT2D eigenvalue weighted by Gasteiger charge is 2.14. The highest BCUT2D eigenvalue weighted by molar-refractivity contribution is 6.35. The lowest BCUT2D eigenvalue weighted by Crippen LogP contribution is -2.10. The minimum atomic E-state index is -0.394. The third kappa shape index (κ3) is 5.82. The van der Waals surface area contributed by atoms with E-state index in [2.05, 4.69) is 0 Å². The molecule has 0 atom stereocenters. The minimum Gasteiger partial charge on any atom is -0.489 e. The van der Waals surface area contributed by atoms with Crippen molar-refractivity contribution in [2.24, 2.45) is 0 Å². The molecule has 0 saturated heterocycles. The second-order valence-electron chi connectivity index (χ2n) is 5.88. The first-order valence-corrected chi connectivity index (χ1v) is 9.20. The van der Waals surface area contributed by atoms with Crippen LogP contribution in [0.1, 0.15) is 36.7 Å². The second-order valence-corrected chi connectivity index (χ2v) is 6.73. The molecule has 140 valence electrons. The average molecular weight is 397 g/mol. The third-order valence-electron chi connectivity index (χ3n) is 3.46. The molecule has 2 rings (SSSR count). The minimum absolute atomic E-state index is 0.0171. The average Bonchev–Trinajstić information content (AvgIpc) is 2.58. The number of ether oxygens (including phenoxy) is 3. The third-order valence-corrected chi connectivity index (χ3v) is 4.05. The van der Waals surface area contributed by atoms with Gasteiger partial charge in [0.25, 0.3) is 0 Å². The molecule has 0 N–H and O–H groups in total. The first-order valence-electron chi connectivity index (χ1n) is 8.45. The van der Waals surface area contributed by atoms with Crippen LogP contribution >= 0.6 is 23.2 Å². The Bertz CT molecular complexity index is 759. The van der Waals surface area contributed by atoms with Gasteiger partial charge in [-0.3, -0.25) is 0 Å². The van der Waals surface area contributed by atoms with E-state index in [0.717, 1.165) is 5.56 Å². The van der Waals surface area contributed by atoms with Gasteiger partial charge in [0.1, 0.15) is 0 Å². The Morgan fingerprint density at radius 2 is 1.85 bits per heavy atom. The summed E-state index contributed by atoms with van der Waals surface area (Å²) in [7, 11) is 0. The molecule has 0 fully saturated rings. The van der Waals surface area contributed by atoms with Crippen molar-refractivity contribution in [3.8, 4) is 11.5 Å². The Labute approximate surface area is 164 Å². The summed E-state index contributed by atoms with van der Waals surface area (Å²) in [5, 5.41) is 1.19. The molecule has 0 radical (unpaired) electrons. The summed E-state index contributed by atoms with van der Waals surface area (Å²) in [5.74, 6) is 0.679. The first kappa shape index (κ1) is 20.4. The lowest BCUT2D eigenvalue weighted by Gasteiger charge is -2.16. The van der Waals surface area contributed by atoms with Crippen molar-refractivity contribution in [2.45, 2.75) is 33.3 Å². The molecule has 0 bridgehead atoms. The summed E-state index contributed by atoms with van der Waals surface area (Å²) in [6.45, 7) is 6.31. The van der Waals surface area contributed by atoms with Gasteiger partial charge in [0.05, 0.1) is 24.9 Å². The summed E-state index contributed by atoms with van der Waals surface area (Å²) >= 11 is 12.1. The molecular formula is C20H22Cl2O4. The van der Waals surface area contributed by atoms with Gasteiger partial charge in [-0.2, -0.15) is 0 Å². The Morgan fingerprint density at radius 1 is 1.08 bits per heavy atom. The van der Waals surface area contributed by atoms with E-state index in [9.17, 15) is 4.79 Å². The van der Waals surface area contributed by atoms with Gasteiger partial charge >= 0.3 is 5.97 Å². The van der Waals surface area contributed by atoms with Crippen LogP contribution in [0.2, 0.25) is 10.0 Å². The number of hydrogen-bond acceptors (Lipinski definition) is 4. The zero-order chi connectivity index (χ0) is 19.1. The Hall–Kier alpha value is -1.91. The molecule has 6 heteroatoms. The van der Waals surface area contributed by atoms with Crippen LogP contribution in [-0.2, 0) is 11.2 Å². The molecule has 0 spiro atoms. The second kappa shape index (κ2) is 9.70. The molecule has 0 saturated carbocycles. The lowest BCUT2D eigenvalue weighted by molar-refractivity contribution is 0.0525. The van der Waals surface area contributed by atoms with E-state index < -0.39 is 5.97 Å². The Morgan fingerprint density at radius 3 is 2.50 bits per heavy atom. The van der Waals surface area contributed by atoms with Crippen molar-refractivity contribution >= 4 is 29.2 Å². The normalized spacial score (nSPS) is 10.7. The number of halogens is 2. The van der Waals surface area contributed by atoms with Crippen LogP contribution in [0.25, 0.3) is 0 Å². The van der Waals surface area contributed by atoms with Crippen LogP contribution in [0.4, 0.5) is 0 Å². The SMILES string of the molecule is CCOC(=O)c1ccc(OC(C)C)c(OCCc2ccc(Cl)cc2Cl)c1. The molecule has 0 aliphatic heterocycles. The Balaban J connectivity index is 2.13. The number of carbonyl (C=O) groups excluding carboxylic acids is 1. The molecule has 0 heterocycles. The topological polar surface area (TPSA) is 44.8 Å². The van der Waals surface area contributed by atoms with Crippen molar-refractivity contribution in [3.05, 3.63) is 57.6 Å². The van der Waals surface area contributed by atoms with Crippen LogP contribution in [0.15, 0.2) is 36.4 Å². The number of rotatable bonds is 8. The predicted molar refractivity (Wildman–Crippen MR) is 104 cm³/mol. The monoisotopic (exact) mass is 396 g/mol. The largest absolute Gasteiger partial charge is 0.489 e. The molecule has 0 aliphatic rings. The van der Waals surface area contributed by atoms with Crippen molar-refractivity contribution in [2.75, 3.05) is 13.2 Å². The van der Waals surface area contributed by atoms with Crippen LogP contribution in [0.3, 0.4) is 0 Å². The summed E-state index contributed by atoms with van der Waals surface area (Å²) < 4.78 is 16.7. The van der Waals surface area contributed by atoms with Gasteiger partial charge in [-0.1, -0.05) is 29.3 Å². The summed E-state index contributed by atoms with van der Waals surface area (Å²) in [5.41, 5.74) is 1.35. The van der Waals surface area contributed by atoms with Crippen molar-refractivity contribution in [1.82, 2.24) is 0 Å². The maximum Gasteiger partial charge on any atom is 0.338 e. The molecule has 26 heavy (non-hydrogen) atoms. The van der Waals surface area contributed by atoms with E-state index in [1.165, 1.54) is 0 Å². The van der Waals surface area contributed by atoms with Crippen molar-refractivity contribution in [3.63, 3.8) is 0 Å². The van der Waals surface area contributed by atoms with Crippen LogP contribution in [-0.4, -0.2) is 25.3 Å². The number of hydrogen-bond donors (Lipinski definition) is 0. The van der Waals surface area contributed by atoms with Crippen molar-refractivity contribution in [1.29, 1.82) is 0 Å². The van der Waals surface area contributed by atoms with Gasteiger partial charge in [0.2, 0.25) is 0 Å².